The van der Waals surface area contributed by atoms with Crippen LogP contribution >= 0.6 is 0 Å². The fourth-order valence-corrected chi connectivity index (χ4v) is 3.04. The van der Waals surface area contributed by atoms with Crippen LogP contribution in [0.25, 0.3) is 0 Å². The molecule has 102 valence electrons. The lowest BCUT2D eigenvalue weighted by atomic mass is 9.71. The van der Waals surface area contributed by atoms with Gasteiger partial charge in [0.1, 0.15) is 0 Å². The molecule has 2 nitrogen and oxygen atoms in total. The van der Waals surface area contributed by atoms with Gasteiger partial charge in [-0.1, -0.05) is 40.5 Å². The van der Waals surface area contributed by atoms with E-state index in [1.807, 2.05) is 0 Å². The number of aliphatic hydroxyl groups excluding tert-OH is 1. The minimum absolute atomic E-state index is 0.192. The standard InChI is InChI=1S/C15H31NO/c1-5-16(10-13(2)3)11-15(12-17)8-6-14(4)7-9-15/h13-14,17H,5-12H2,1-4H3. The lowest BCUT2D eigenvalue weighted by molar-refractivity contribution is 0.0276. The first-order valence-electron chi connectivity index (χ1n) is 7.34. The normalized spacial score (nSPS) is 30.2. The minimum atomic E-state index is 0.192. The maximum absolute atomic E-state index is 9.78. The first-order chi connectivity index (χ1) is 8.01. The molecule has 1 N–H and O–H groups in total. The molecule has 0 unspecified atom stereocenters. The molecule has 0 aliphatic heterocycles. The van der Waals surface area contributed by atoms with E-state index in [0.717, 1.165) is 25.6 Å². The van der Waals surface area contributed by atoms with Crippen molar-refractivity contribution in [2.24, 2.45) is 17.3 Å². The van der Waals surface area contributed by atoms with Gasteiger partial charge in [0.25, 0.3) is 0 Å². The summed E-state index contributed by atoms with van der Waals surface area (Å²) < 4.78 is 0. The van der Waals surface area contributed by atoms with Crippen molar-refractivity contribution in [2.45, 2.75) is 53.4 Å². The Morgan fingerprint density at radius 3 is 2.29 bits per heavy atom. The van der Waals surface area contributed by atoms with Crippen LogP contribution in [0.5, 0.6) is 0 Å². The van der Waals surface area contributed by atoms with E-state index in [-0.39, 0.29) is 5.41 Å². The summed E-state index contributed by atoms with van der Waals surface area (Å²) in [6.07, 6.45) is 5.00. The van der Waals surface area contributed by atoms with E-state index in [1.165, 1.54) is 25.7 Å². The molecule has 1 rings (SSSR count). The second-order valence-corrected chi connectivity index (χ2v) is 6.56. The van der Waals surface area contributed by atoms with Crippen molar-refractivity contribution in [3.8, 4) is 0 Å². The largest absolute Gasteiger partial charge is 0.396 e. The number of rotatable bonds is 6. The van der Waals surface area contributed by atoms with Crippen molar-refractivity contribution in [2.75, 3.05) is 26.2 Å². The van der Waals surface area contributed by atoms with E-state index >= 15 is 0 Å². The fraction of sp³-hybridized carbons (Fsp3) is 1.00. The molecule has 1 aliphatic rings. The van der Waals surface area contributed by atoms with E-state index in [1.54, 1.807) is 0 Å². The van der Waals surface area contributed by atoms with Crippen LogP contribution in [0.3, 0.4) is 0 Å². The number of aliphatic hydroxyl groups is 1. The van der Waals surface area contributed by atoms with E-state index in [2.05, 4.69) is 32.6 Å². The molecule has 17 heavy (non-hydrogen) atoms. The third kappa shape index (κ3) is 4.59. The van der Waals surface area contributed by atoms with Crippen LogP contribution in [0.15, 0.2) is 0 Å². The molecule has 0 bridgehead atoms. The van der Waals surface area contributed by atoms with Gasteiger partial charge in [-0.15, -0.1) is 0 Å². The molecule has 0 radical (unpaired) electrons. The quantitative estimate of drug-likeness (QED) is 0.772. The molecular formula is C15H31NO. The monoisotopic (exact) mass is 241 g/mol. The van der Waals surface area contributed by atoms with E-state index in [4.69, 9.17) is 0 Å². The smallest absolute Gasteiger partial charge is 0.0499 e. The lowest BCUT2D eigenvalue weighted by Gasteiger charge is -2.41. The second kappa shape index (κ2) is 6.75. The van der Waals surface area contributed by atoms with E-state index < -0.39 is 0 Å². The Bertz CT molecular complexity index is 207. The van der Waals surface area contributed by atoms with Crippen molar-refractivity contribution >= 4 is 0 Å². The molecule has 0 aromatic carbocycles. The van der Waals surface area contributed by atoms with Crippen molar-refractivity contribution in [1.82, 2.24) is 4.90 Å². The number of hydrogen-bond acceptors (Lipinski definition) is 2. The van der Waals surface area contributed by atoms with Crippen molar-refractivity contribution < 1.29 is 5.11 Å². The summed E-state index contributed by atoms with van der Waals surface area (Å²) in [6.45, 7) is 12.9. The maximum atomic E-state index is 9.78. The van der Waals surface area contributed by atoms with E-state index in [9.17, 15) is 5.11 Å². The van der Waals surface area contributed by atoms with E-state index in [0.29, 0.717) is 12.5 Å². The van der Waals surface area contributed by atoms with Crippen molar-refractivity contribution in [3.05, 3.63) is 0 Å². The topological polar surface area (TPSA) is 23.5 Å². The Morgan fingerprint density at radius 1 is 1.29 bits per heavy atom. The average Bonchev–Trinajstić information content (AvgIpc) is 2.31. The molecule has 2 heteroatoms. The van der Waals surface area contributed by atoms with Crippen LogP contribution in [-0.4, -0.2) is 36.2 Å². The van der Waals surface area contributed by atoms with Gasteiger partial charge in [0, 0.05) is 25.1 Å². The molecule has 0 amide bonds. The Labute approximate surface area is 107 Å². The van der Waals surface area contributed by atoms with Crippen LogP contribution in [0.4, 0.5) is 0 Å². The molecular weight excluding hydrogens is 210 g/mol. The van der Waals surface area contributed by atoms with Gasteiger partial charge in [-0.3, -0.25) is 0 Å². The summed E-state index contributed by atoms with van der Waals surface area (Å²) in [5, 5.41) is 9.78. The Balaban J connectivity index is 2.54. The van der Waals surface area contributed by atoms with Gasteiger partial charge in [-0.05, 0) is 31.2 Å². The lowest BCUT2D eigenvalue weighted by Crippen LogP contribution is -2.43. The van der Waals surface area contributed by atoms with Crippen LogP contribution in [-0.2, 0) is 0 Å². The first-order valence-corrected chi connectivity index (χ1v) is 7.34. The molecule has 1 saturated carbocycles. The zero-order chi connectivity index (χ0) is 12.9. The highest BCUT2D eigenvalue weighted by Gasteiger charge is 2.34. The maximum Gasteiger partial charge on any atom is 0.0499 e. The van der Waals surface area contributed by atoms with Gasteiger partial charge < -0.3 is 10.0 Å². The third-order valence-electron chi connectivity index (χ3n) is 4.30. The van der Waals surface area contributed by atoms with Crippen LogP contribution in [0, 0.1) is 17.3 Å². The summed E-state index contributed by atoms with van der Waals surface area (Å²) in [4.78, 5) is 2.52. The molecule has 0 heterocycles. The molecule has 0 saturated heterocycles. The van der Waals surface area contributed by atoms with Gasteiger partial charge in [-0.25, -0.2) is 0 Å². The average molecular weight is 241 g/mol. The van der Waals surface area contributed by atoms with Crippen LogP contribution in [0.1, 0.15) is 53.4 Å². The SMILES string of the molecule is CCN(CC(C)C)CC1(CO)CCC(C)CC1. The molecule has 1 aliphatic carbocycles. The first kappa shape index (κ1) is 15.0. The highest BCUT2D eigenvalue weighted by atomic mass is 16.3. The molecule has 1 fully saturated rings. The third-order valence-corrected chi connectivity index (χ3v) is 4.30. The molecule has 0 aromatic heterocycles. The van der Waals surface area contributed by atoms with Gasteiger partial charge in [0.05, 0.1) is 0 Å². The van der Waals surface area contributed by atoms with Crippen LogP contribution < -0.4 is 0 Å². The molecule has 0 aromatic rings. The van der Waals surface area contributed by atoms with Gasteiger partial charge in [0.2, 0.25) is 0 Å². The predicted octanol–water partition coefficient (Wildman–Crippen LogP) is 3.15. The summed E-state index contributed by atoms with van der Waals surface area (Å²) in [5.41, 5.74) is 0.192. The Hall–Kier alpha value is -0.0800. The van der Waals surface area contributed by atoms with Gasteiger partial charge in [-0.2, -0.15) is 0 Å². The summed E-state index contributed by atoms with van der Waals surface area (Å²) in [6, 6.07) is 0. The van der Waals surface area contributed by atoms with Gasteiger partial charge in [0.15, 0.2) is 0 Å². The van der Waals surface area contributed by atoms with Crippen molar-refractivity contribution in [1.29, 1.82) is 0 Å². The highest BCUT2D eigenvalue weighted by Crippen LogP contribution is 2.39. The van der Waals surface area contributed by atoms with Crippen LogP contribution in [0.2, 0.25) is 0 Å². The van der Waals surface area contributed by atoms with Gasteiger partial charge >= 0.3 is 0 Å². The summed E-state index contributed by atoms with van der Waals surface area (Å²) >= 11 is 0. The summed E-state index contributed by atoms with van der Waals surface area (Å²) in [7, 11) is 0. The molecule has 0 atom stereocenters. The zero-order valence-corrected chi connectivity index (χ0v) is 12.2. The Morgan fingerprint density at radius 2 is 1.88 bits per heavy atom. The fourth-order valence-electron chi connectivity index (χ4n) is 3.04. The number of nitrogens with zero attached hydrogens (tertiary/aromatic N) is 1. The minimum Gasteiger partial charge on any atom is -0.396 e. The molecule has 0 spiro atoms. The Kier molecular flexibility index (Phi) is 5.94. The highest BCUT2D eigenvalue weighted by molar-refractivity contribution is 4.87. The summed E-state index contributed by atoms with van der Waals surface area (Å²) in [5.74, 6) is 1.57. The number of hydrogen-bond donors (Lipinski definition) is 1. The zero-order valence-electron chi connectivity index (χ0n) is 12.2. The van der Waals surface area contributed by atoms with Crippen molar-refractivity contribution in [3.63, 3.8) is 0 Å². The second-order valence-electron chi connectivity index (χ2n) is 6.56. The predicted molar refractivity (Wildman–Crippen MR) is 74.1 cm³/mol.